The molecule has 0 atom stereocenters. The fourth-order valence-corrected chi connectivity index (χ4v) is 4.58. The number of nitrogens with zero attached hydrogens (tertiary/aromatic N) is 1. The lowest BCUT2D eigenvalue weighted by Crippen LogP contribution is -2.38. The SMILES string of the molecule is COc1ccc(NC(=O)CN(c2ccccc2OC)S(=O)(=O)c2cccc(C(F)(F)F)c2)cc1. The molecule has 180 valence electrons. The topological polar surface area (TPSA) is 84.9 Å². The minimum atomic E-state index is -4.74. The smallest absolute Gasteiger partial charge is 0.416 e. The van der Waals surface area contributed by atoms with Crippen LogP contribution < -0.4 is 19.1 Å². The van der Waals surface area contributed by atoms with Crippen LogP contribution in [0.15, 0.2) is 77.7 Å². The number of halogens is 3. The minimum Gasteiger partial charge on any atom is -0.497 e. The van der Waals surface area contributed by atoms with Crippen LogP contribution in [0.5, 0.6) is 11.5 Å². The minimum absolute atomic E-state index is 0.00714. The number of ether oxygens (including phenoxy) is 2. The molecule has 3 aromatic rings. The van der Waals surface area contributed by atoms with Gasteiger partial charge in [-0.3, -0.25) is 9.10 Å². The number of anilines is 2. The van der Waals surface area contributed by atoms with Crippen molar-refractivity contribution >= 4 is 27.3 Å². The van der Waals surface area contributed by atoms with Gasteiger partial charge in [0.15, 0.2) is 0 Å². The summed E-state index contributed by atoms with van der Waals surface area (Å²) in [6, 6.07) is 15.6. The quantitative estimate of drug-likeness (QED) is 0.497. The molecule has 0 bridgehead atoms. The molecule has 34 heavy (non-hydrogen) atoms. The van der Waals surface area contributed by atoms with E-state index in [2.05, 4.69) is 5.32 Å². The Labute approximate surface area is 194 Å². The van der Waals surface area contributed by atoms with Crippen LogP contribution in [-0.2, 0) is 21.0 Å². The highest BCUT2D eigenvalue weighted by molar-refractivity contribution is 7.92. The monoisotopic (exact) mass is 494 g/mol. The Kier molecular flexibility index (Phi) is 7.35. The van der Waals surface area contributed by atoms with E-state index in [-0.39, 0.29) is 11.4 Å². The lowest BCUT2D eigenvalue weighted by molar-refractivity contribution is -0.137. The number of methoxy groups -OCH3 is 2. The zero-order chi connectivity index (χ0) is 24.9. The largest absolute Gasteiger partial charge is 0.497 e. The van der Waals surface area contributed by atoms with Crippen molar-refractivity contribution in [3.8, 4) is 11.5 Å². The van der Waals surface area contributed by atoms with Crippen LogP contribution in [0, 0.1) is 0 Å². The molecule has 3 aromatic carbocycles. The van der Waals surface area contributed by atoms with Crippen molar-refractivity contribution in [2.45, 2.75) is 11.1 Å². The van der Waals surface area contributed by atoms with E-state index in [1.807, 2.05) is 0 Å². The Morgan fingerprint density at radius 3 is 2.24 bits per heavy atom. The van der Waals surface area contributed by atoms with E-state index >= 15 is 0 Å². The van der Waals surface area contributed by atoms with Crippen molar-refractivity contribution in [3.05, 3.63) is 78.4 Å². The first-order valence-electron chi connectivity index (χ1n) is 9.83. The Morgan fingerprint density at radius 2 is 1.62 bits per heavy atom. The second-order valence-electron chi connectivity index (χ2n) is 6.99. The highest BCUT2D eigenvalue weighted by Crippen LogP contribution is 2.35. The van der Waals surface area contributed by atoms with E-state index in [4.69, 9.17) is 9.47 Å². The van der Waals surface area contributed by atoms with E-state index in [0.717, 1.165) is 18.2 Å². The molecular formula is C23H21F3N2O5S. The number of sulfonamides is 1. The number of nitrogens with one attached hydrogen (secondary N) is 1. The van der Waals surface area contributed by atoms with Gasteiger partial charge < -0.3 is 14.8 Å². The third-order valence-electron chi connectivity index (χ3n) is 4.76. The first-order chi connectivity index (χ1) is 16.1. The molecule has 0 aliphatic rings. The molecule has 3 rings (SSSR count). The van der Waals surface area contributed by atoms with E-state index in [0.29, 0.717) is 21.8 Å². The van der Waals surface area contributed by atoms with Crippen molar-refractivity contribution < 1.29 is 35.9 Å². The summed E-state index contributed by atoms with van der Waals surface area (Å²) in [4.78, 5) is 12.2. The second-order valence-corrected chi connectivity index (χ2v) is 8.85. The van der Waals surface area contributed by atoms with Gasteiger partial charge in [-0.1, -0.05) is 18.2 Å². The van der Waals surface area contributed by atoms with E-state index in [9.17, 15) is 26.4 Å². The summed E-state index contributed by atoms with van der Waals surface area (Å²) in [7, 11) is -1.80. The number of para-hydroxylation sites is 2. The summed E-state index contributed by atoms with van der Waals surface area (Å²) >= 11 is 0. The Bertz CT molecular complexity index is 1260. The number of hydrogen-bond acceptors (Lipinski definition) is 5. The third-order valence-corrected chi connectivity index (χ3v) is 6.52. The number of amides is 1. The summed E-state index contributed by atoms with van der Waals surface area (Å²) in [5.41, 5.74) is -0.759. The number of hydrogen-bond donors (Lipinski definition) is 1. The molecule has 1 amide bonds. The molecule has 11 heteroatoms. The van der Waals surface area contributed by atoms with E-state index < -0.39 is 39.1 Å². The molecule has 0 radical (unpaired) electrons. The van der Waals surface area contributed by atoms with Crippen LogP contribution >= 0.6 is 0 Å². The van der Waals surface area contributed by atoms with Gasteiger partial charge in [0.1, 0.15) is 18.0 Å². The zero-order valence-corrected chi connectivity index (χ0v) is 19.0. The van der Waals surface area contributed by atoms with Crippen molar-refractivity contribution in [1.29, 1.82) is 0 Å². The summed E-state index contributed by atoms with van der Waals surface area (Å²) in [6.45, 7) is -0.717. The fraction of sp³-hybridized carbons (Fsp3) is 0.174. The van der Waals surface area contributed by atoms with Gasteiger partial charge in [0.25, 0.3) is 10.0 Å². The lowest BCUT2D eigenvalue weighted by Gasteiger charge is -2.26. The molecule has 0 unspecified atom stereocenters. The van der Waals surface area contributed by atoms with Crippen LogP contribution in [0.1, 0.15) is 5.56 Å². The third kappa shape index (κ3) is 5.60. The summed E-state index contributed by atoms with van der Waals surface area (Å²) in [5, 5.41) is 2.57. The van der Waals surface area contributed by atoms with Gasteiger partial charge >= 0.3 is 6.18 Å². The van der Waals surface area contributed by atoms with Crippen LogP contribution in [0.4, 0.5) is 24.5 Å². The van der Waals surface area contributed by atoms with Gasteiger partial charge in [0.05, 0.1) is 30.4 Å². The standard InChI is InChI=1S/C23H21F3N2O5S/c1-32-18-12-10-17(11-13-18)27-22(29)15-28(20-8-3-4-9-21(20)33-2)34(30,31)19-7-5-6-16(14-19)23(24,25)26/h3-14H,15H2,1-2H3,(H,27,29). The number of rotatable bonds is 8. The molecule has 0 saturated heterocycles. The first kappa shape index (κ1) is 24.9. The molecule has 0 fully saturated rings. The van der Waals surface area contributed by atoms with Crippen molar-refractivity contribution in [2.75, 3.05) is 30.4 Å². The van der Waals surface area contributed by atoms with Gasteiger partial charge in [0, 0.05) is 5.69 Å². The molecule has 0 aliphatic carbocycles. The maximum absolute atomic E-state index is 13.5. The number of benzene rings is 3. The molecule has 7 nitrogen and oxygen atoms in total. The Balaban J connectivity index is 2.01. The fourth-order valence-electron chi connectivity index (χ4n) is 3.10. The predicted molar refractivity (Wildman–Crippen MR) is 121 cm³/mol. The first-order valence-corrected chi connectivity index (χ1v) is 11.3. The summed E-state index contributed by atoms with van der Waals surface area (Å²) < 4.78 is 77.5. The second kappa shape index (κ2) is 10.0. The van der Waals surface area contributed by atoms with Gasteiger partial charge in [0.2, 0.25) is 5.91 Å². The van der Waals surface area contributed by atoms with Crippen molar-refractivity contribution in [3.63, 3.8) is 0 Å². The van der Waals surface area contributed by atoms with Crippen LogP contribution in [-0.4, -0.2) is 35.1 Å². The molecule has 0 aromatic heterocycles. The van der Waals surface area contributed by atoms with Crippen LogP contribution in [0.2, 0.25) is 0 Å². The van der Waals surface area contributed by atoms with Gasteiger partial charge in [-0.2, -0.15) is 13.2 Å². The lowest BCUT2D eigenvalue weighted by atomic mass is 10.2. The average molecular weight is 494 g/mol. The normalized spacial score (nSPS) is 11.6. The number of carbonyl (C=O) groups excluding carboxylic acids is 1. The maximum Gasteiger partial charge on any atom is 0.416 e. The Hall–Kier alpha value is -3.73. The summed E-state index contributed by atoms with van der Waals surface area (Å²) in [6.07, 6.45) is -4.74. The number of carbonyl (C=O) groups is 1. The Morgan fingerprint density at radius 1 is 0.941 bits per heavy atom. The highest BCUT2D eigenvalue weighted by Gasteiger charge is 2.34. The molecular weight excluding hydrogens is 473 g/mol. The average Bonchev–Trinajstić information content (AvgIpc) is 2.82. The molecule has 0 aliphatic heterocycles. The van der Waals surface area contributed by atoms with Gasteiger partial charge in [-0.25, -0.2) is 8.42 Å². The maximum atomic E-state index is 13.5. The van der Waals surface area contributed by atoms with Crippen molar-refractivity contribution in [1.82, 2.24) is 0 Å². The van der Waals surface area contributed by atoms with Gasteiger partial charge in [-0.15, -0.1) is 0 Å². The molecule has 0 spiro atoms. The predicted octanol–water partition coefficient (Wildman–Crippen LogP) is 4.56. The van der Waals surface area contributed by atoms with Gasteiger partial charge in [-0.05, 0) is 54.6 Å². The molecule has 0 saturated carbocycles. The van der Waals surface area contributed by atoms with E-state index in [1.54, 1.807) is 30.3 Å². The highest BCUT2D eigenvalue weighted by atomic mass is 32.2. The zero-order valence-electron chi connectivity index (χ0n) is 18.2. The van der Waals surface area contributed by atoms with Crippen LogP contribution in [0.25, 0.3) is 0 Å². The molecule has 0 heterocycles. The molecule has 1 N–H and O–H groups in total. The van der Waals surface area contributed by atoms with Crippen LogP contribution in [0.3, 0.4) is 0 Å². The number of alkyl halides is 3. The van der Waals surface area contributed by atoms with E-state index in [1.165, 1.54) is 32.4 Å². The summed E-state index contributed by atoms with van der Waals surface area (Å²) in [5.74, 6) is -0.0392. The van der Waals surface area contributed by atoms with Crippen molar-refractivity contribution in [2.24, 2.45) is 0 Å².